The van der Waals surface area contributed by atoms with Crippen molar-refractivity contribution < 1.29 is 26.0 Å². The van der Waals surface area contributed by atoms with E-state index < -0.39 is 38.2 Å². The first kappa shape index (κ1) is 16.3. The Morgan fingerprint density at radius 1 is 0.909 bits per heavy atom. The van der Waals surface area contributed by atoms with Crippen LogP contribution >= 0.6 is 0 Å². The van der Waals surface area contributed by atoms with Crippen molar-refractivity contribution in [1.82, 2.24) is 0 Å². The first-order valence-electron chi connectivity index (χ1n) is 6.20. The quantitative estimate of drug-likeness (QED) is 0.635. The van der Waals surface area contributed by atoms with Gasteiger partial charge in [0.1, 0.15) is 10.7 Å². The van der Waals surface area contributed by atoms with Gasteiger partial charge in [0, 0.05) is 6.54 Å². The van der Waals surface area contributed by atoms with Crippen LogP contribution in [0.25, 0.3) is 0 Å². The molecule has 0 spiro atoms. The summed E-state index contributed by atoms with van der Waals surface area (Å²) in [5, 5.41) is 0. The van der Waals surface area contributed by atoms with Crippen LogP contribution in [0, 0.1) is 23.3 Å². The molecule has 2 aromatic rings. The lowest BCUT2D eigenvalue weighted by Gasteiger charge is -2.23. The summed E-state index contributed by atoms with van der Waals surface area (Å²) in [7, 11) is -4.46. The Labute approximate surface area is 124 Å². The fourth-order valence-corrected chi connectivity index (χ4v) is 3.46. The molecule has 0 unspecified atom stereocenters. The third-order valence-corrected chi connectivity index (χ3v) is 4.89. The Balaban J connectivity index is 2.57. The second-order valence-corrected chi connectivity index (χ2v) is 6.15. The van der Waals surface area contributed by atoms with Gasteiger partial charge in [-0.2, -0.15) is 0 Å². The van der Waals surface area contributed by atoms with Crippen molar-refractivity contribution in [1.29, 1.82) is 0 Å². The molecular weight excluding hydrogens is 322 g/mol. The third-order valence-electron chi connectivity index (χ3n) is 2.97. The molecular formula is C14H11F4NO2S. The second kappa shape index (κ2) is 5.96. The number of benzene rings is 2. The number of hydrogen-bond acceptors (Lipinski definition) is 2. The first-order valence-corrected chi connectivity index (χ1v) is 7.65. The van der Waals surface area contributed by atoms with Crippen LogP contribution in [0.2, 0.25) is 0 Å². The fourth-order valence-electron chi connectivity index (χ4n) is 1.92. The van der Waals surface area contributed by atoms with Crippen molar-refractivity contribution in [2.75, 3.05) is 10.8 Å². The summed E-state index contributed by atoms with van der Waals surface area (Å²) >= 11 is 0. The van der Waals surface area contributed by atoms with Gasteiger partial charge in [-0.3, -0.25) is 4.31 Å². The van der Waals surface area contributed by atoms with Crippen molar-refractivity contribution in [3.63, 3.8) is 0 Å². The van der Waals surface area contributed by atoms with Gasteiger partial charge in [-0.1, -0.05) is 0 Å². The van der Waals surface area contributed by atoms with Crippen LogP contribution in [-0.2, 0) is 10.0 Å². The Bertz CT molecular complexity index is 791. The van der Waals surface area contributed by atoms with Gasteiger partial charge in [0.05, 0.1) is 5.69 Å². The summed E-state index contributed by atoms with van der Waals surface area (Å²) in [6.45, 7) is 1.37. The van der Waals surface area contributed by atoms with Crippen LogP contribution in [0.1, 0.15) is 6.92 Å². The summed E-state index contributed by atoms with van der Waals surface area (Å²) in [5.74, 6) is -5.71. The topological polar surface area (TPSA) is 37.4 Å². The summed E-state index contributed by atoms with van der Waals surface area (Å²) in [6.07, 6.45) is 0. The molecule has 0 bridgehead atoms. The molecule has 118 valence electrons. The molecule has 8 heteroatoms. The van der Waals surface area contributed by atoms with Crippen LogP contribution in [0.5, 0.6) is 0 Å². The molecule has 0 saturated heterocycles. The minimum atomic E-state index is -4.46. The van der Waals surface area contributed by atoms with E-state index in [-0.39, 0.29) is 12.2 Å². The number of halogens is 4. The zero-order chi connectivity index (χ0) is 16.5. The van der Waals surface area contributed by atoms with Crippen molar-refractivity contribution in [2.24, 2.45) is 0 Å². The zero-order valence-corrected chi connectivity index (χ0v) is 12.2. The highest BCUT2D eigenvalue weighted by molar-refractivity contribution is 7.92. The van der Waals surface area contributed by atoms with E-state index in [2.05, 4.69) is 0 Å². The second-order valence-electron chi connectivity index (χ2n) is 4.32. The molecule has 0 atom stereocenters. The molecule has 0 amide bonds. The number of rotatable bonds is 4. The predicted octanol–water partition coefficient (Wildman–Crippen LogP) is 3.46. The minimum absolute atomic E-state index is 0.0769. The summed E-state index contributed by atoms with van der Waals surface area (Å²) in [5.41, 5.74) is 0.0769. The Kier molecular flexibility index (Phi) is 4.41. The molecule has 0 saturated carbocycles. The third kappa shape index (κ3) is 2.78. The van der Waals surface area contributed by atoms with E-state index in [0.717, 1.165) is 16.4 Å². The summed E-state index contributed by atoms with van der Waals surface area (Å²) in [6, 6.07) is 5.63. The number of nitrogens with zero attached hydrogens (tertiary/aromatic N) is 1. The van der Waals surface area contributed by atoms with Gasteiger partial charge in [0.25, 0.3) is 10.0 Å². The molecule has 22 heavy (non-hydrogen) atoms. The maximum absolute atomic E-state index is 13.8. The lowest BCUT2D eigenvalue weighted by Crippen LogP contribution is -2.31. The van der Waals surface area contributed by atoms with Crippen molar-refractivity contribution in [3.05, 3.63) is 59.7 Å². The Morgan fingerprint density at radius 3 is 2.05 bits per heavy atom. The van der Waals surface area contributed by atoms with E-state index in [1.807, 2.05) is 0 Å². The molecule has 0 aromatic heterocycles. The van der Waals surface area contributed by atoms with Gasteiger partial charge < -0.3 is 0 Å². The van der Waals surface area contributed by atoms with Gasteiger partial charge in [0.2, 0.25) is 0 Å². The molecule has 2 aromatic carbocycles. The van der Waals surface area contributed by atoms with Gasteiger partial charge in [-0.15, -0.1) is 0 Å². The van der Waals surface area contributed by atoms with Crippen LogP contribution in [0.3, 0.4) is 0 Å². The predicted molar refractivity (Wildman–Crippen MR) is 72.9 cm³/mol. The average Bonchev–Trinajstić information content (AvgIpc) is 2.47. The zero-order valence-electron chi connectivity index (χ0n) is 11.4. The van der Waals surface area contributed by atoms with Crippen molar-refractivity contribution in [3.8, 4) is 0 Å². The van der Waals surface area contributed by atoms with Crippen LogP contribution < -0.4 is 4.31 Å². The highest BCUT2D eigenvalue weighted by Gasteiger charge is 2.29. The Hall–Kier alpha value is -2.09. The van der Waals surface area contributed by atoms with E-state index in [1.54, 1.807) is 0 Å². The molecule has 0 radical (unpaired) electrons. The minimum Gasteiger partial charge on any atom is -0.267 e. The van der Waals surface area contributed by atoms with E-state index in [1.165, 1.54) is 19.1 Å². The van der Waals surface area contributed by atoms with Gasteiger partial charge in [0.15, 0.2) is 17.5 Å². The maximum Gasteiger partial charge on any atom is 0.267 e. The monoisotopic (exact) mass is 333 g/mol. The van der Waals surface area contributed by atoms with Gasteiger partial charge in [-0.25, -0.2) is 26.0 Å². The van der Waals surface area contributed by atoms with Crippen LogP contribution in [0.4, 0.5) is 23.2 Å². The number of anilines is 1. The van der Waals surface area contributed by atoms with E-state index in [9.17, 15) is 26.0 Å². The largest absolute Gasteiger partial charge is 0.267 e. The lowest BCUT2D eigenvalue weighted by atomic mass is 10.3. The SMILES string of the molecule is CCN(c1ccc(F)cc1)S(=O)(=O)c1ccc(F)c(F)c1F. The highest BCUT2D eigenvalue weighted by Crippen LogP contribution is 2.27. The smallest absolute Gasteiger partial charge is 0.267 e. The van der Waals surface area contributed by atoms with Crippen molar-refractivity contribution >= 4 is 15.7 Å². The van der Waals surface area contributed by atoms with Crippen LogP contribution in [-0.4, -0.2) is 15.0 Å². The first-order chi connectivity index (χ1) is 10.3. The molecule has 3 nitrogen and oxygen atoms in total. The molecule has 2 rings (SSSR count). The van der Waals surface area contributed by atoms with E-state index in [0.29, 0.717) is 12.1 Å². The molecule has 0 aliphatic carbocycles. The van der Waals surface area contributed by atoms with Gasteiger partial charge in [-0.05, 0) is 43.3 Å². The van der Waals surface area contributed by atoms with Crippen LogP contribution in [0.15, 0.2) is 41.3 Å². The lowest BCUT2D eigenvalue weighted by molar-refractivity contribution is 0.432. The van der Waals surface area contributed by atoms with E-state index >= 15 is 0 Å². The molecule has 0 heterocycles. The van der Waals surface area contributed by atoms with Crippen molar-refractivity contribution in [2.45, 2.75) is 11.8 Å². The molecule has 0 aliphatic heterocycles. The maximum atomic E-state index is 13.8. The number of sulfonamides is 1. The number of hydrogen-bond donors (Lipinski definition) is 0. The molecule has 0 N–H and O–H groups in total. The Morgan fingerprint density at radius 2 is 1.50 bits per heavy atom. The molecule has 0 aliphatic rings. The highest BCUT2D eigenvalue weighted by atomic mass is 32.2. The molecule has 0 fully saturated rings. The average molecular weight is 333 g/mol. The van der Waals surface area contributed by atoms with Gasteiger partial charge >= 0.3 is 0 Å². The normalized spacial score (nSPS) is 11.5. The summed E-state index contributed by atoms with van der Waals surface area (Å²) < 4.78 is 78.5. The summed E-state index contributed by atoms with van der Waals surface area (Å²) in [4.78, 5) is -0.988. The fraction of sp³-hybridized carbons (Fsp3) is 0.143. The van der Waals surface area contributed by atoms with E-state index in [4.69, 9.17) is 0 Å². The standard InChI is InChI=1S/C14H11F4NO2S/c1-2-19(10-5-3-9(15)4-6-10)22(20,21)12-8-7-11(16)13(17)14(12)18/h3-8H,2H2,1H3.